The van der Waals surface area contributed by atoms with Crippen LogP contribution in [0.3, 0.4) is 0 Å². The van der Waals surface area contributed by atoms with Crippen molar-refractivity contribution in [3.63, 3.8) is 0 Å². The number of fused-ring (bicyclic) bond motifs is 1. The van der Waals surface area contributed by atoms with E-state index in [0.717, 1.165) is 11.2 Å². The van der Waals surface area contributed by atoms with Crippen LogP contribution < -0.4 is 24.2 Å². The summed E-state index contributed by atoms with van der Waals surface area (Å²) in [6.07, 6.45) is 2.52. The number of carbonyl (C=O) groups excluding carboxylic acids is 3. The van der Waals surface area contributed by atoms with E-state index in [4.69, 9.17) is 14.2 Å². The minimum absolute atomic E-state index is 0.0523. The molecule has 1 saturated heterocycles. The molecular weight excluding hydrogens is 708 g/mol. The van der Waals surface area contributed by atoms with Crippen LogP contribution in [0.5, 0.6) is 17.4 Å². The minimum atomic E-state index is -3.90. The quantitative estimate of drug-likeness (QED) is 0.283. The van der Waals surface area contributed by atoms with Crippen molar-refractivity contribution in [2.75, 3.05) is 32.3 Å². The Labute approximate surface area is 275 Å². The average molecular weight is 744 g/mol. The molecule has 5 rings (SSSR count). The molecule has 0 radical (unpaired) electrons. The Morgan fingerprint density at radius 3 is 2.50 bits per heavy atom. The second kappa shape index (κ2) is 12.6. The molecule has 2 N–H and O–H groups in total. The summed E-state index contributed by atoms with van der Waals surface area (Å²) in [5, 5.41) is 2.59. The van der Waals surface area contributed by atoms with Crippen molar-refractivity contribution in [2.24, 2.45) is 5.92 Å². The van der Waals surface area contributed by atoms with Gasteiger partial charge >= 0.3 is 0 Å². The van der Waals surface area contributed by atoms with Crippen LogP contribution in [0.1, 0.15) is 32.6 Å². The average Bonchev–Trinajstić information content (AvgIpc) is 3.90. The number of hydrogen-bond donors (Lipinski definition) is 2. The molecule has 3 fully saturated rings. The molecule has 14 nitrogen and oxygen atoms in total. The first-order valence-corrected chi connectivity index (χ1v) is 19.0. The van der Waals surface area contributed by atoms with Crippen LogP contribution in [-0.4, -0.2) is 99.6 Å². The van der Waals surface area contributed by atoms with Crippen molar-refractivity contribution >= 4 is 64.4 Å². The van der Waals surface area contributed by atoms with Gasteiger partial charge in [-0.3, -0.25) is 19.1 Å². The van der Waals surface area contributed by atoms with Gasteiger partial charge in [0.2, 0.25) is 27.7 Å². The predicted molar refractivity (Wildman–Crippen MR) is 171 cm³/mol. The maximum atomic E-state index is 13.8. The summed E-state index contributed by atoms with van der Waals surface area (Å²) in [4.78, 5) is 45.9. The first kappa shape index (κ1) is 33.9. The monoisotopic (exact) mass is 742 g/mol. The molecule has 2 heterocycles. The Balaban J connectivity index is 1.43. The molecule has 250 valence electrons. The Morgan fingerprint density at radius 2 is 1.91 bits per heavy atom. The molecule has 3 amide bonds. The van der Waals surface area contributed by atoms with Gasteiger partial charge in [-0.25, -0.2) is 21.8 Å². The molecular formula is C29H35BrN4O10S2. The molecule has 17 heteroatoms. The van der Waals surface area contributed by atoms with E-state index in [9.17, 15) is 31.2 Å². The fourth-order valence-corrected chi connectivity index (χ4v) is 8.15. The highest BCUT2D eigenvalue weighted by atomic mass is 79.9. The number of amides is 3. The highest BCUT2D eigenvalue weighted by molar-refractivity contribution is 9.10. The first-order chi connectivity index (χ1) is 21.6. The summed E-state index contributed by atoms with van der Waals surface area (Å²) in [5.74, 6) is -2.72. The van der Waals surface area contributed by atoms with E-state index < -0.39 is 72.2 Å². The molecule has 1 aliphatic heterocycles. The van der Waals surface area contributed by atoms with Crippen molar-refractivity contribution in [2.45, 2.75) is 55.5 Å². The molecule has 2 aliphatic carbocycles. The van der Waals surface area contributed by atoms with E-state index >= 15 is 0 Å². The van der Waals surface area contributed by atoms with Crippen LogP contribution in [0, 0.1) is 5.92 Å². The number of aromatic nitrogens is 1. The number of pyridine rings is 1. The summed E-state index contributed by atoms with van der Waals surface area (Å²) in [5.41, 5.74) is -1.10. The molecule has 1 aromatic carbocycles. The van der Waals surface area contributed by atoms with E-state index in [0.29, 0.717) is 46.3 Å². The first-order valence-electron chi connectivity index (χ1n) is 14.6. The minimum Gasteiger partial charge on any atom is -0.495 e. The fourth-order valence-electron chi connectivity index (χ4n) is 5.58. The van der Waals surface area contributed by atoms with Gasteiger partial charge in [-0.05, 0) is 54.2 Å². The number of hydrogen-bond acceptors (Lipinski definition) is 11. The maximum Gasteiger partial charge on any atom is 0.259 e. The van der Waals surface area contributed by atoms with Gasteiger partial charge in [-0.1, -0.05) is 6.08 Å². The number of nitrogens with zero attached hydrogens (tertiary/aromatic N) is 2. The van der Waals surface area contributed by atoms with E-state index in [2.05, 4.69) is 37.5 Å². The van der Waals surface area contributed by atoms with Gasteiger partial charge in [0, 0.05) is 30.0 Å². The largest absolute Gasteiger partial charge is 0.495 e. The third-order valence-electron chi connectivity index (χ3n) is 8.15. The number of sulfonamides is 1. The number of nitrogens with one attached hydrogen (secondary N) is 2. The van der Waals surface area contributed by atoms with E-state index in [1.165, 1.54) is 13.2 Å². The van der Waals surface area contributed by atoms with Crippen LogP contribution in [0.15, 0.2) is 35.3 Å². The molecule has 2 aromatic rings. The Kier molecular flexibility index (Phi) is 9.31. The fraction of sp³-hybridized carbons (Fsp3) is 0.517. The molecule has 0 spiro atoms. The zero-order chi connectivity index (χ0) is 33.6. The van der Waals surface area contributed by atoms with Crippen molar-refractivity contribution in [1.82, 2.24) is 19.9 Å². The summed E-state index contributed by atoms with van der Waals surface area (Å²) >= 11 is 3.51. The molecule has 1 aromatic heterocycles. The Morgan fingerprint density at radius 1 is 1.20 bits per heavy atom. The highest BCUT2D eigenvalue weighted by Gasteiger charge is 2.62. The van der Waals surface area contributed by atoms with Crippen LogP contribution in [0.4, 0.5) is 0 Å². The number of halogens is 1. The van der Waals surface area contributed by atoms with Crippen molar-refractivity contribution in [1.29, 1.82) is 0 Å². The van der Waals surface area contributed by atoms with Gasteiger partial charge in [0.25, 0.3) is 5.91 Å². The van der Waals surface area contributed by atoms with Crippen LogP contribution in [0.2, 0.25) is 0 Å². The maximum absolute atomic E-state index is 13.8. The van der Waals surface area contributed by atoms with Crippen LogP contribution in [0.25, 0.3) is 10.9 Å². The van der Waals surface area contributed by atoms with Crippen LogP contribution >= 0.6 is 15.9 Å². The van der Waals surface area contributed by atoms with E-state index in [1.807, 2.05) is 0 Å². The lowest BCUT2D eigenvalue weighted by Crippen LogP contribution is -2.57. The highest BCUT2D eigenvalue weighted by Crippen LogP contribution is 2.46. The van der Waals surface area contributed by atoms with Crippen molar-refractivity contribution in [3.05, 3.63) is 35.3 Å². The summed E-state index contributed by atoms with van der Waals surface area (Å²) < 4.78 is 69.1. The van der Waals surface area contributed by atoms with E-state index in [1.54, 1.807) is 25.1 Å². The standard InChI is InChI=1S/C29H35BrN4O10S2/c1-5-16-13-29(16,28(37)33-46(40,41)18-7-8-18)32-27(36)20-11-17(14-34(20)24(35)15-45(4,38)39)44-22-12-23(43-6-2)31-26-19(22)9-10-21(42-3)25(26)30/h5,9-10,12,16-18,20H,1,6-8,11,13-15H2,2-4H3,(H,32,36)(H,33,37)/t16-,17-,20-,29-/m1/s1. The number of carbonyl (C=O) groups is 3. The number of sulfone groups is 1. The molecule has 46 heavy (non-hydrogen) atoms. The lowest BCUT2D eigenvalue weighted by atomic mass is 10.1. The van der Waals surface area contributed by atoms with Crippen molar-refractivity contribution < 1.29 is 45.4 Å². The van der Waals surface area contributed by atoms with Gasteiger partial charge in [0.1, 0.15) is 34.9 Å². The lowest BCUT2D eigenvalue weighted by Gasteiger charge is -2.26. The number of methoxy groups -OCH3 is 1. The summed E-state index contributed by atoms with van der Waals surface area (Å²) in [6, 6.07) is 3.82. The molecule has 2 saturated carbocycles. The van der Waals surface area contributed by atoms with E-state index in [-0.39, 0.29) is 25.3 Å². The molecule has 4 atom stereocenters. The summed E-state index contributed by atoms with van der Waals surface area (Å²) in [6.45, 7) is 5.67. The second-order valence-corrected chi connectivity index (χ2v) is 16.6. The van der Waals surface area contributed by atoms with Gasteiger partial charge in [-0.2, -0.15) is 0 Å². The van der Waals surface area contributed by atoms with Gasteiger partial charge in [0.15, 0.2) is 9.84 Å². The predicted octanol–water partition coefficient (Wildman–Crippen LogP) is 1.47. The Hall–Kier alpha value is -3.44. The third-order valence-corrected chi connectivity index (χ3v) is 11.5. The van der Waals surface area contributed by atoms with Gasteiger partial charge in [0.05, 0.1) is 35.5 Å². The SMILES string of the molecule is C=C[C@@H]1C[C@]1(NC(=O)[C@H]1C[C@@H](Oc2cc(OCC)nc3c(Br)c(OC)ccc23)CN1C(=O)CS(C)(=O)=O)C(=O)NS(=O)(=O)C1CC1. The molecule has 0 bridgehead atoms. The molecule has 0 unspecified atom stereocenters. The lowest BCUT2D eigenvalue weighted by molar-refractivity contribution is -0.138. The third kappa shape index (κ3) is 6.95. The van der Waals surface area contributed by atoms with Gasteiger partial charge in [-0.15, -0.1) is 6.58 Å². The smallest absolute Gasteiger partial charge is 0.259 e. The van der Waals surface area contributed by atoms with Crippen molar-refractivity contribution in [3.8, 4) is 17.4 Å². The number of likely N-dealkylation sites (tertiary alicyclic amines) is 1. The zero-order valence-electron chi connectivity index (χ0n) is 25.4. The second-order valence-electron chi connectivity index (χ2n) is 11.7. The normalized spacial score (nSPS) is 24.3. The topological polar surface area (TPSA) is 187 Å². The zero-order valence-corrected chi connectivity index (χ0v) is 28.7. The Bertz CT molecular complexity index is 1820. The van der Waals surface area contributed by atoms with Crippen LogP contribution in [-0.2, 0) is 34.2 Å². The number of ether oxygens (including phenoxy) is 3. The number of rotatable bonds is 13. The summed E-state index contributed by atoms with van der Waals surface area (Å²) in [7, 11) is -6.15. The van der Waals surface area contributed by atoms with Gasteiger partial charge < -0.3 is 24.4 Å². The number of benzene rings is 1. The molecule has 3 aliphatic rings.